The second-order valence-electron chi connectivity index (χ2n) is 4.37. The minimum absolute atomic E-state index is 0.00931. The summed E-state index contributed by atoms with van der Waals surface area (Å²) in [5.41, 5.74) is 1.70. The third-order valence-corrected chi connectivity index (χ3v) is 2.96. The number of alkyl halides is 6. The molecule has 0 saturated carbocycles. The summed E-state index contributed by atoms with van der Waals surface area (Å²) >= 11 is 0. The molecule has 2 N–H and O–H groups in total. The number of hydrogen-bond donors (Lipinski definition) is 1. The zero-order valence-corrected chi connectivity index (χ0v) is 10.4. The van der Waals surface area contributed by atoms with Crippen molar-refractivity contribution in [3.05, 3.63) is 29.5 Å². The molecule has 0 aliphatic carbocycles. The number of anilines is 1. The van der Waals surface area contributed by atoms with Crippen molar-refractivity contribution in [2.75, 3.05) is 5.73 Å². The van der Waals surface area contributed by atoms with Gasteiger partial charge in [-0.05, 0) is 18.2 Å². The maximum atomic E-state index is 13.0. The first-order valence-corrected chi connectivity index (χ1v) is 5.68. The second-order valence-corrected chi connectivity index (χ2v) is 4.37. The van der Waals surface area contributed by atoms with Crippen LogP contribution >= 0.6 is 0 Å². The summed E-state index contributed by atoms with van der Waals surface area (Å²) in [7, 11) is 0. The van der Waals surface area contributed by atoms with E-state index in [1.807, 2.05) is 0 Å². The SMILES string of the molecule is Nc1nnc2ccc3c(C(F)(F)F)cc(C(F)(F)F)nc3n12. The lowest BCUT2D eigenvalue weighted by Crippen LogP contribution is -2.15. The zero-order chi connectivity index (χ0) is 16.3. The fraction of sp³-hybridized carbons (Fsp3) is 0.182. The Morgan fingerprint density at radius 2 is 1.64 bits per heavy atom. The zero-order valence-electron chi connectivity index (χ0n) is 10.4. The lowest BCUT2D eigenvalue weighted by molar-refractivity contribution is -0.144. The van der Waals surface area contributed by atoms with E-state index in [2.05, 4.69) is 15.2 Å². The van der Waals surface area contributed by atoms with Crippen LogP contribution in [0.4, 0.5) is 32.3 Å². The fourth-order valence-electron chi connectivity index (χ4n) is 2.05. The van der Waals surface area contributed by atoms with Crippen LogP contribution in [0.15, 0.2) is 18.2 Å². The van der Waals surface area contributed by atoms with Gasteiger partial charge in [-0.1, -0.05) is 0 Å². The van der Waals surface area contributed by atoms with E-state index >= 15 is 0 Å². The van der Waals surface area contributed by atoms with Crippen molar-refractivity contribution < 1.29 is 26.3 Å². The Labute approximate surface area is 117 Å². The molecule has 0 aliphatic heterocycles. The Kier molecular flexibility index (Phi) is 2.75. The molecule has 0 amide bonds. The summed E-state index contributed by atoms with van der Waals surface area (Å²) in [5.74, 6) is -0.361. The van der Waals surface area contributed by atoms with Crippen molar-refractivity contribution in [2.24, 2.45) is 0 Å². The average molecular weight is 321 g/mol. The number of pyridine rings is 2. The van der Waals surface area contributed by atoms with Gasteiger partial charge in [-0.2, -0.15) is 26.3 Å². The van der Waals surface area contributed by atoms with Crippen molar-refractivity contribution in [1.82, 2.24) is 19.6 Å². The minimum atomic E-state index is -5.04. The monoisotopic (exact) mass is 321 g/mol. The summed E-state index contributed by atoms with van der Waals surface area (Å²) < 4.78 is 78.4. The fourth-order valence-corrected chi connectivity index (χ4v) is 2.05. The van der Waals surface area contributed by atoms with Crippen molar-refractivity contribution in [1.29, 1.82) is 0 Å². The van der Waals surface area contributed by atoms with Crippen LogP contribution in [0.3, 0.4) is 0 Å². The van der Waals surface area contributed by atoms with Crippen LogP contribution in [-0.4, -0.2) is 19.6 Å². The van der Waals surface area contributed by atoms with Crippen LogP contribution < -0.4 is 5.73 Å². The molecule has 116 valence electrons. The number of halogens is 6. The number of hydrogen-bond acceptors (Lipinski definition) is 4. The Balaban J connectivity index is 2.53. The van der Waals surface area contributed by atoms with E-state index in [0.29, 0.717) is 0 Å². The topological polar surface area (TPSA) is 69.1 Å². The Bertz CT molecular complexity index is 878. The van der Waals surface area contributed by atoms with Crippen LogP contribution in [0.25, 0.3) is 16.7 Å². The van der Waals surface area contributed by atoms with E-state index in [1.54, 1.807) is 0 Å². The molecule has 0 spiro atoms. The molecule has 0 aliphatic rings. The summed E-state index contributed by atoms with van der Waals surface area (Å²) in [6, 6.07) is 2.11. The predicted molar refractivity (Wildman–Crippen MR) is 62.7 cm³/mol. The van der Waals surface area contributed by atoms with Crippen LogP contribution in [0, 0.1) is 0 Å². The maximum absolute atomic E-state index is 13.0. The molecule has 3 aromatic heterocycles. The number of rotatable bonds is 0. The smallest absolute Gasteiger partial charge is 0.368 e. The van der Waals surface area contributed by atoms with Crippen molar-refractivity contribution in [3.63, 3.8) is 0 Å². The molecule has 5 nitrogen and oxygen atoms in total. The lowest BCUT2D eigenvalue weighted by atomic mass is 10.1. The number of nitrogens with two attached hydrogens (primary N) is 1. The molecule has 0 bridgehead atoms. The summed E-state index contributed by atoms with van der Waals surface area (Å²) in [5, 5.41) is 6.43. The van der Waals surface area contributed by atoms with Gasteiger partial charge in [0.05, 0.1) is 5.56 Å². The number of nitrogens with zero attached hydrogens (tertiary/aromatic N) is 4. The van der Waals surface area contributed by atoms with Gasteiger partial charge in [-0.15, -0.1) is 10.2 Å². The third kappa shape index (κ3) is 2.09. The largest absolute Gasteiger partial charge is 0.433 e. The van der Waals surface area contributed by atoms with Crippen molar-refractivity contribution in [3.8, 4) is 0 Å². The quantitative estimate of drug-likeness (QED) is 0.647. The number of aromatic nitrogens is 4. The van der Waals surface area contributed by atoms with Crippen LogP contribution in [0.2, 0.25) is 0 Å². The predicted octanol–water partition coefficient (Wildman–Crippen LogP) is 2.90. The van der Waals surface area contributed by atoms with Gasteiger partial charge in [0.15, 0.2) is 5.65 Å². The molecule has 0 radical (unpaired) electrons. The molecule has 3 rings (SSSR count). The van der Waals surface area contributed by atoms with E-state index in [9.17, 15) is 26.3 Å². The molecule has 3 heterocycles. The van der Waals surface area contributed by atoms with Crippen LogP contribution in [-0.2, 0) is 12.4 Å². The van der Waals surface area contributed by atoms with Gasteiger partial charge in [0.1, 0.15) is 11.3 Å². The van der Waals surface area contributed by atoms with Crippen molar-refractivity contribution >= 4 is 22.6 Å². The van der Waals surface area contributed by atoms with Gasteiger partial charge in [0.2, 0.25) is 5.95 Å². The van der Waals surface area contributed by atoms with Gasteiger partial charge in [0.25, 0.3) is 0 Å². The number of fused-ring (bicyclic) bond motifs is 3. The standard InChI is InChI=1S/C11H5F6N5/c12-10(13,14)5-3-6(11(15,16)17)19-8-4(5)1-2-7-20-21-9(18)22(7)8/h1-3H,(H2,18,21). The molecule has 0 atom stereocenters. The Hall–Kier alpha value is -2.59. The maximum Gasteiger partial charge on any atom is 0.433 e. The third-order valence-electron chi connectivity index (χ3n) is 2.96. The molecule has 22 heavy (non-hydrogen) atoms. The van der Waals surface area contributed by atoms with Crippen molar-refractivity contribution in [2.45, 2.75) is 12.4 Å². The molecule has 0 saturated heterocycles. The van der Waals surface area contributed by atoms with E-state index in [0.717, 1.165) is 16.5 Å². The highest BCUT2D eigenvalue weighted by atomic mass is 19.4. The molecule has 11 heteroatoms. The first-order valence-electron chi connectivity index (χ1n) is 5.68. The normalized spacial score (nSPS) is 13.2. The Morgan fingerprint density at radius 3 is 2.23 bits per heavy atom. The van der Waals surface area contributed by atoms with E-state index in [1.165, 1.54) is 0 Å². The molecule has 3 aromatic rings. The van der Waals surface area contributed by atoms with Crippen LogP contribution in [0.1, 0.15) is 11.3 Å². The van der Waals surface area contributed by atoms with E-state index in [4.69, 9.17) is 5.73 Å². The average Bonchev–Trinajstić information content (AvgIpc) is 2.77. The second kappa shape index (κ2) is 4.21. The van der Waals surface area contributed by atoms with Crippen LogP contribution in [0.5, 0.6) is 0 Å². The highest BCUT2D eigenvalue weighted by Gasteiger charge is 2.39. The Morgan fingerprint density at radius 1 is 0.955 bits per heavy atom. The lowest BCUT2D eigenvalue weighted by Gasteiger charge is -2.14. The summed E-state index contributed by atoms with van der Waals surface area (Å²) in [4.78, 5) is 3.26. The van der Waals surface area contributed by atoms with Gasteiger partial charge >= 0.3 is 12.4 Å². The highest BCUT2D eigenvalue weighted by molar-refractivity contribution is 5.83. The molecular formula is C11H5F6N5. The first kappa shape index (κ1) is 14.4. The van der Waals surface area contributed by atoms with Gasteiger partial charge < -0.3 is 5.73 Å². The van der Waals surface area contributed by atoms with Gasteiger partial charge in [-0.3, -0.25) is 0 Å². The summed E-state index contributed by atoms with van der Waals surface area (Å²) in [6.07, 6.45) is -10.0. The van der Waals surface area contributed by atoms with E-state index < -0.39 is 34.6 Å². The highest BCUT2D eigenvalue weighted by Crippen LogP contribution is 2.38. The minimum Gasteiger partial charge on any atom is -0.368 e. The van der Waals surface area contributed by atoms with Gasteiger partial charge in [-0.25, -0.2) is 9.38 Å². The van der Waals surface area contributed by atoms with E-state index in [-0.39, 0.29) is 17.7 Å². The molecule has 0 fully saturated rings. The molecular weight excluding hydrogens is 316 g/mol. The first-order chi connectivity index (χ1) is 10.1. The van der Waals surface area contributed by atoms with Gasteiger partial charge in [0, 0.05) is 5.39 Å². The molecule has 0 aromatic carbocycles. The molecule has 0 unspecified atom stereocenters. The summed E-state index contributed by atoms with van der Waals surface area (Å²) in [6.45, 7) is 0. The number of nitrogen functional groups attached to an aromatic ring is 1.